The molecule has 38 heavy (non-hydrogen) atoms. The van der Waals surface area contributed by atoms with Crippen LogP contribution in [-0.2, 0) is 4.79 Å². The van der Waals surface area contributed by atoms with E-state index in [4.69, 9.17) is 4.74 Å². The lowest BCUT2D eigenvalue weighted by Crippen LogP contribution is -2.41. The molecule has 204 valence electrons. The second-order valence-corrected chi connectivity index (χ2v) is 11.6. The lowest BCUT2D eigenvalue weighted by molar-refractivity contribution is -0.137. The van der Waals surface area contributed by atoms with Crippen LogP contribution in [0.15, 0.2) is 59.6 Å². The topological polar surface area (TPSA) is 82.9 Å². The molecule has 0 amide bonds. The van der Waals surface area contributed by atoms with E-state index in [1.54, 1.807) is 13.3 Å². The SMILES string of the molecule is COc1ccc2nccc([C@@H](O)CCC3CCN(CCCSc4ccc(C)cc4)CC3CCC(=O)O)c2c1. The summed E-state index contributed by atoms with van der Waals surface area (Å²) in [6.45, 7) is 5.13. The molecule has 1 aromatic heterocycles. The maximum Gasteiger partial charge on any atom is 0.303 e. The summed E-state index contributed by atoms with van der Waals surface area (Å²) in [5.74, 6) is 1.86. The highest BCUT2D eigenvalue weighted by Crippen LogP contribution is 2.35. The van der Waals surface area contributed by atoms with Crippen LogP contribution in [0.1, 0.15) is 55.8 Å². The van der Waals surface area contributed by atoms with Gasteiger partial charge in [-0.1, -0.05) is 17.7 Å². The lowest BCUT2D eigenvalue weighted by Gasteiger charge is -2.39. The van der Waals surface area contributed by atoms with E-state index in [1.807, 2.05) is 36.0 Å². The second kappa shape index (κ2) is 14.0. The number of aliphatic carboxylic acids is 1. The highest BCUT2D eigenvalue weighted by atomic mass is 32.2. The molecule has 0 aliphatic carbocycles. The number of ether oxygens (including phenoxy) is 1. The first-order valence-electron chi connectivity index (χ1n) is 13.7. The standard InChI is InChI=1S/C31H40N2O4S/c1-22-4-9-26(10-5-22)38-19-3-17-33-18-15-23(24(21-33)7-13-31(35)36)6-12-30(34)27-14-16-32-29-11-8-25(37-2)20-28(27)29/h4-5,8-11,14,16,20,23-24,30,34H,3,6-7,12-13,15,17-19,21H2,1-2H3,(H,35,36)/t23?,24?,30-/m0/s1. The first-order valence-corrected chi connectivity index (χ1v) is 14.7. The number of aliphatic hydroxyl groups excluding tert-OH is 1. The van der Waals surface area contributed by atoms with Crippen LogP contribution in [0, 0.1) is 18.8 Å². The molecule has 1 aliphatic rings. The van der Waals surface area contributed by atoms with Crippen molar-refractivity contribution in [2.75, 3.05) is 32.5 Å². The molecule has 2 heterocycles. The third-order valence-electron chi connectivity index (χ3n) is 7.77. The smallest absolute Gasteiger partial charge is 0.303 e. The molecule has 3 atom stereocenters. The number of aliphatic hydroxyl groups is 1. The number of hydrogen-bond donors (Lipinski definition) is 2. The Morgan fingerprint density at radius 2 is 1.97 bits per heavy atom. The average Bonchev–Trinajstić information content (AvgIpc) is 2.93. The van der Waals surface area contributed by atoms with Gasteiger partial charge in [0.15, 0.2) is 0 Å². The zero-order valence-electron chi connectivity index (χ0n) is 22.5. The maximum absolute atomic E-state index is 11.4. The molecule has 1 fully saturated rings. The van der Waals surface area contributed by atoms with Gasteiger partial charge in [0.05, 0.1) is 18.7 Å². The van der Waals surface area contributed by atoms with Crippen molar-refractivity contribution in [1.29, 1.82) is 0 Å². The third-order valence-corrected chi connectivity index (χ3v) is 8.86. The Morgan fingerprint density at radius 1 is 1.16 bits per heavy atom. The highest BCUT2D eigenvalue weighted by Gasteiger charge is 2.30. The molecule has 0 spiro atoms. The summed E-state index contributed by atoms with van der Waals surface area (Å²) in [6.07, 6.45) is 5.76. The van der Waals surface area contributed by atoms with E-state index in [-0.39, 0.29) is 6.42 Å². The van der Waals surface area contributed by atoms with Gasteiger partial charge >= 0.3 is 5.97 Å². The van der Waals surface area contributed by atoms with E-state index < -0.39 is 12.1 Å². The van der Waals surface area contributed by atoms with Gasteiger partial charge in [-0.05, 0) is 112 Å². The first kappa shape index (κ1) is 28.4. The monoisotopic (exact) mass is 536 g/mol. The number of carboxylic acids is 1. The fourth-order valence-electron chi connectivity index (χ4n) is 5.58. The largest absolute Gasteiger partial charge is 0.497 e. The number of methoxy groups -OCH3 is 1. The summed E-state index contributed by atoms with van der Waals surface area (Å²) in [7, 11) is 1.64. The summed E-state index contributed by atoms with van der Waals surface area (Å²) in [5, 5.41) is 21.4. The van der Waals surface area contributed by atoms with Crippen LogP contribution in [0.2, 0.25) is 0 Å². The Hall–Kier alpha value is -2.61. The number of aryl methyl sites for hydroxylation is 1. The van der Waals surface area contributed by atoms with Crippen molar-refractivity contribution >= 4 is 28.6 Å². The predicted molar refractivity (Wildman–Crippen MR) is 154 cm³/mol. The molecular formula is C31H40N2O4S. The number of rotatable bonds is 13. The fraction of sp³-hybridized carbons (Fsp3) is 0.484. The molecule has 0 radical (unpaired) electrons. The quantitative estimate of drug-likeness (QED) is 0.195. The van der Waals surface area contributed by atoms with E-state index in [1.165, 1.54) is 10.5 Å². The van der Waals surface area contributed by atoms with Crippen LogP contribution in [0.5, 0.6) is 5.75 Å². The van der Waals surface area contributed by atoms with Gasteiger partial charge < -0.3 is 19.8 Å². The van der Waals surface area contributed by atoms with Crippen molar-refractivity contribution in [3.63, 3.8) is 0 Å². The minimum atomic E-state index is -0.729. The Kier molecular flexibility index (Phi) is 10.4. The summed E-state index contributed by atoms with van der Waals surface area (Å²) >= 11 is 1.90. The van der Waals surface area contributed by atoms with Crippen molar-refractivity contribution in [2.45, 2.75) is 56.4 Å². The first-order chi connectivity index (χ1) is 18.4. The number of likely N-dealkylation sites (tertiary alicyclic amines) is 1. The number of hydrogen-bond acceptors (Lipinski definition) is 6. The third kappa shape index (κ3) is 7.95. The Labute approximate surface area is 230 Å². The number of thioether (sulfide) groups is 1. The zero-order chi connectivity index (χ0) is 26.9. The minimum Gasteiger partial charge on any atom is -0.497 e. The summed E-state index contributed by atoms with van der Waals surface area (Å²) in [5.41, 5.74) is 3.00. The number of piperidine rings is 1. The Bertz CT molecular complexity index is 1190. The predicted octanol–water partition coefficient (Wildman–Crippen LogP) is 6.35. The molecule has 2 N–H and O–H groups in total. The van der Waals surface area contributed by atoms with Crippen molar-refractivity contribution in [3.05, 3.63) is 65.9 Å². The van der Waals surface area contributed by atoms with E-state index >= 15 is 0 Å². The van der Waals surface area contributed by atoms with Gasteiger partial charge in [-0.3, -0.25) is 9.78 Å². The Morgan fingerprint density at radius 3 is 2.74 bits per heavy atom. The maximum atomic E-state index is 11.4. The molecule has 1 aliphatic heterocycles. The van der Waals surface area contributed by atoms with Gasteiger partial charge in [0.1, 0.15) is 5.75 Å². The Balaban J connectivity index is 1.31. The summed E-state index contributed by atoms with van der Waals surface area (Å²) < 4.78 is 5.38. The van der Waals surface area contributed by atoms with E-state index in [2.05, 4.69) is 41.1 Å². The second-order valence-electron chi connectivity index (χ2n) is 10.4. The number of nitrogens with zero attached hydrogens (tertiary/aromatic N) is 2. The lowest BCUT2D eigenvalue weighted by atomic mass is 9.79. The number of benzene rings is 2. The number of pyridine rings is 1. The van der Waals surface area contributed by atoms with Crippen LogP contribution < -0.4 is 4.74 Å². The van der Waals surface area contributed by atoms with Crippen molar-refractivity contribution in [2.24, 2.45) is 11.8 Å². The van der Waals surface area contributed by atoms with Crippen molar-refractivity contribution in [1.82, 2.24) is 9.88 Å². The van der Waals surface area contributed by atoms with Crippen molar-refractivity contribution in [3.8, 4) is 5.75 Å². The van der Waals surface area contributed by atoms with Crippen LogP contribution in [-0.4, -0.2) is 58.6 Å². The van der Waals surface area contributed by atoms with Crippen LogP contribution in [0.3, 0.4) is 0 Å². The fourth-order valence-corrected chi connectivity index (χ4v) is 6.42. The molecular weight excluding hydrogens is 496 g/mol. The number of aromatic nitrogens is 1. The molecule has 4 rings (SSSR count). The number of carbonyl (C=O) groups is 1. The van der Waals surface area contributed by atoms with Crippen molar-refractivity contribution < 1.29 is 19.7 Å². The van der Waals surface area contributed by atoms with E-state index in [0.717, 1.165) is 66.9 Å². The van der Waals surface area contributed by atoms with Gasteiger partial charge in [0.2, 0.25) is 0 Å². The van der Waals surface area contributed by atoms with Gasteiger partial charge in [-0.2, -0.15) is 0 Å². The molecule has 2 unspecified atom stereocenters. The molecule has 2 aromatic carbocycles. The number of fused-ring (bicyclic) bond motifs is 1. The van der Waals surface area contributed by atoms with Gasteiger partial charge in [0.25, 0.3) is 0 Å². The molecule has 7 heteroatoms. The van der Waals surface area contributed by atoms with Crippen LogP contribution >= 0.6 is 11.8 Å². The average molecular weight is 537 g/mol. The van der Waals surface area contributed by atoms with E-state index in [9.17, 15) is 15.0 Å². The highest BCUT2D eigenvalue weighted by molar-refractivity contribution is 7.99. The minimum absolute atomic E-state index is 0.204. The van der Waals surface area contributed by atoms with Crippen LogP contribution in [0.4, 0.5) is 0 Å². The van der Waals surface area contributed by atoms with E-state index in [0.29, 0.717) is 24.7 Å². The number of carboxylic acid groups (broad SMARTS) is 1. The normalized spacial score (nSPS) is 18.9. The molecule has 0 saturated carbocycles. The molecule has 1 saturated heterocycles. The summed E-state index contributed by atoms with van der Waals surface area (Å²) in [4.78, 5) is 19.6. The van der Waals surface area contributed by atoms with Gasteiger partial charge in [0, 0.05) is 29.4 Å². The molecule has 3 aromatic rings. The summed E-state index contributed by atoms with van der Waals surface area (Å²) in [6, 6.07) is 16.3. The molecule has 6 nitrogen and oxygen atoms in total. The van der Waals surface area contributed by atoms with Gasteiger partial charge in [-0.25, -0.2) is 0 Å². The molecule has 0 bridgehead atoms. The van der Waals surface area contributed by atoms with Gasteiger partial charge in [-0.15, -0.1) is 11.8 Å². The van der Waals surface area contributed by atoms with Crippen LogP contribution in [0.25, 0.3) is 10.9 Å². The zero-order valence-corrected chi connectivity index (χ0v) is 23.3.